The minimum atomic E-state index is 0.652. The number of benzene rings is 3. The molecule has 4 heteroatoms. The maximum Gasteiger partial charge on any atom is 0.226 e. The average molecular weight is 370 g/mol. The van der Waals surface area contributed by atoms with Gasteiger partial charge in [0.05, 0.1) is 5.69 Å². The Balaban J connectivity index is 1.47. The maximum absolute atomic E-state index is 5.89. The van der Waals surface area contributed by atoms with Gasteiger partial charge in [0, 0.05) is 24.7 Å². The molecule has 4 aromatic rings. The van der Waals surface area contributed by atoms with Crippen molar-refractivity contribution in [3.63, 3.8) is 0 Å². The van der Waals surface area contributed by atoms with Gasteiger partial charge in [0.25, 0.3) is 0 Å². The van der Waals surface area contributed by atoms with Gasteiger partial charge in [-0.3, -0.25) is 0 Å². The van der Waals surface area contributed by atoms with E-state index in [2.05, 4.69) is 17.4 Å². The fourth-order valence-corrected chi connectivity index (χ4v) is 2.99. The number of aromatic nitrogens is 1. The van der Waals surface area contributed by atoms with E-state index in [9.17, 15) is 0 Å². The number of anilines is 1. The Bertz CT molecular complexity index is 1040. The van der Waals surface area contributed by atoms with Crippen LogP contribution in [-0.4, -0.2) is 12.0 Å². The summed E-state index contributed by atoms with van der Waals surface area (Å²) in [5.74, 6) is 3.14. The first kappa shape index (κ1) is 17.9. The number of para-hydroxylation sites is 1. The lowest BCUT2D eigenvalue weighted by molar-refractivity contribution is 0.482. The molecule has 0 saturated carbocycles. The number of nitrogens with one attached hydrogen (secondary N) is 1. The molecule has 4 rings (SSSR count). The van der Waals surface area contributed by atoms with Crippen LogP contribution in [0.4, 0.5) is 5.69 Å². The fraction of sp³-hybridized carbons (Fsp3) is 0.125. The minimum absolute atomic E-state index is 0.652. The SMILES string of the molecule is CNc1ccc(-c2nc(Cc3ccc(Oc4ccccc4)cc3)c(C)o2)cc1. The molecule has 0 bridgehead atoms. The molecular formula is C24H22N2O2. The second-order valence-corrected chi connectivity index (χ2v) is 6.59. The summed E-state index contributed by atoms with van der Waals surface area (Å²) in [6, 6.07) is 25.9. The van der Waals surface area contributed by atoms with Gasteiger partial charge in [-0.25, -0.2) is 4.98 Å². The summed E-state index contributed by atoms with van der Waals surface area (Å²) in [5.41, 5.74) is 4.14. The van der Waals surface area contributed by atoms with Crippen molar-refractivity contribution < 1.29 is 9.15 Å². The standard InChI is InChI=1S/C24H22N2O2/c1-17-23(26-24(27-17)19-10-12-20(25-2)13-11-19)16-18-8-14-22(15-9-18)28-21-6-4-3-5-7-21/h3-15,25H,16H2,1-2H3. The van der Waals surface area contributed by atoms with Crippen LogP contribution < -0.4 is 10.1 Å². The zero-order valence-electron chi connectivity index (χ0n) is 16.0. The molecule has 0 aliphatic carbocycles. The van der Waals surface area contributed by atoms with Crippen molar-refractivity contribution >= 4 is 5.69 Å². The summed E-state index contributed by atoms with van der Waals surface area (Å²) in [4.78, 5) is 4.70. The van der Waals surface area contributed by atoms with Crippen molar-refractivity contribution in [1.29, 1.82) is 0 Å². The lowest BCUT2D eigenvalue weighted by Gasteiger charge is -2.06. The van der Waals surface area contributed by atoms with Gasteiger partial charge in [0.2, 0.25) is 5.89 Å². The number of ether oxygens (including phenoxy) is 1. The summed E-state index contributed by atoms with van der Waals surface area (Å²) in [7, 11) is 1.90. The fourth-order valence-electron chi connectivity index (χ4n) is 2.99. The maximum atomic E-state index is 5.89. The topological polar surface area (TPSA) is 47.3 Å². The first-order chi connectivity index (χ1) is 13.7. The monoisotopic (exact) mass is 370 g/mol. The molecular weight excluding hydrogens is 348 g/mol. The van der Waals surface area contributed by atoms with Gasteiger partial charge in [0.1, 0.15) is 17.3 Å². The van der Waals surface area contributed by atoms with Crippen LogP contribution in [0, 0.1) is 6.92 Å². The second kappa shape index (κ2) is 8.01. The number of rotatable bonds is 6. The molecule has 0 saturated heterocycles. The molecule has 28 heavy (non-hydrogen) atoms. The Morgan fingerprint density at radius 3 is 2.21 bits per heavy atom. The normalized spacial score (nSPS) is 10.6. The molecule has 0 aliphatic rings. The van der Waals surface area contributed by atoms with Gasteiger partial charge in [-0.05, 0) is 61.0 Å². The molecule has 1 N–H and O–H groups in total. The average Bonchev–Trinajstić information content (AvgIpc) is 3.10. The lowest BCUT2D eigenvalue weighted by atomic mass is 10.1. The Morgan fingerprint density at radius 2 is 1.54 bits per heavy atom. The summed E-state index contributed by atoms with van der Waals surface area (Å²) >= 11 is 0. The summed E-state index contributed by atoms with van der Waals surface area (Å²) in [5, 5.41) is 3.11. The van der Waals surface area contributed by atoms with E-state index in [0.29, 0.717) is 5.89 Å². The minimum Gasteiger partial charge on any atom is -0.457 e. The Kier molecular flexibility index (Phi) is 5.11. The molecule has 4 nitrogen and oxygen atoms in total. The van der Waals surface area contributed by atoms with E-state index in [-0.39, 0.29) is 0 Å². The molecule has 0 fully saturated rings. The molecule has 0 radical (unpaired) electrons. The largest absolute Gasteiger partial charge is 0.457 e. The number of aryl methyl sites for hydroxylation is 1. The highest BCUT2D eigenvalue weighted by atomic mass is 16.5. The van der Waals surface area contributed by atoms with Crippen molar-refractivity contribution in [2.24, 2.45) is 0 Å². The van der Waals surface area contributed by atoms with Crippen molar-refractivity contribution in [3.05, 3.63) is 95.9 Å². The van der Waals surface area contributed by atoms with Crippen molar-refractivity contribution in [2.75, 3.05) is 12.4 Å². The number of nitrogens with zero attached hydrogens (tertiary/aromatic N) is 1. The van der Waals surface area contributed by atoms with Gasteiger partial charge in [-0.1, -0.05) is 30.3 Å². The zero-order chi connectivity index (χ0) is 19.3. The van der Waals surface area contributed by atoms with Crippen molar-refractivity contribution in [2.45, 2.75) is 13.3 Å². The summed E-state index contributed by atoms with van der Waals surface area (Å²) in [6.45, 7) is 1.96. The Hall–Kier alpha value is -3.53. The second-order valence-electron chi connectivity index (χ2n) is 6.59. The highest BCUT2D eigenvalue weighted by Crippen LogP contribution is 2.26. The number of hydrogen-bond acceptors (Lipinski definition) is 4. The van der Waals surface area contributed by atoms with E-state index in [0.717, 1.165) is 46.2 Å². The van der Waals surface area contributed by atoms with Gasteiger partial charge < -0.3 is 14.5 Å². The van der Waals surface area contributed by atoms with E-state index in [4.69, 9.17) is 14.1 Å². The third kappa shape index (κ3) is 4.07. The molecule has 0 amide bonds. The summed E-state index contributed by atoms with van der Waals surface area (Å²) in [6.07, 6.45) is 0.718. The molecule has 1 heterocycles. The molecule has 0 atom stereocenters. The first-order valence-electron chi connectivity index (χ1n) is 9.27. The lowest BCUT2D eigenvalue weighted by Crippen LogP contribution is -1.92. The quantitative estimate of drug-likeness (QED) is 0.447. The number of oxazole rings is 1. The van der Waals surface area contributed by atoms with Crippen molar-refractivity contribution in [3.8, 4) is 23.0 Å². The predicted molar refractivity (Wildman–Crippen MR) is 112 cm³/mol. The Morgan fingerprint density at radius 1 is 0.857 bits per heavy atom. The third-order valence-corrected chi connectivity index (χ3v) is 4.59. The van der Waals surface area contributed by atoms with Crippen LogP contribution >= 0.6 is 0 Å². The zero-order valence-corrected chi connectivity index (χ0v) is 16.0. The van der Waals surface area contributed by atoms with E-state index in [1.54, 1.807) is 0 Å². The van der Waals surface area contributed by atoms with Gasteiger partial charge in [-0.15, -0.1) is 0 Å². The van der Waals surface area contributed by atoms with Crippen LogP contribution in [0.25, 0.3) is 11.5 Å². The Labute approximate surface area is 164 Å². The molecule has 140 valence electrons. The van der Waals surface area contributed by atoms with Gasteiger partial charge >= 0.3 is 0 Å². The first-order valence-corrected chi connectivity index (χ1v) is 9.27. The third-order valence-electron chi connectivity index (χ3n) is 4.59. The van der Waals surface area contributed by atoms with E-state index < -0.39 is 0 Å². The van der Waals surface area contributed by atoms with Crippen LogP contribution in [0.2, 0.25) is 0 Å². The molecule has 0 spiro atoms. The predicted octanol–water partition coefficient (Wildman–Crippen LogP) is 6.07. The van der Waals surface area contributed by atoms with Crippen LogP contribution in [0.3, 0.4) is 0 Å². The highest BCUT2D eigenvalue weighted by molar-refractivity contribution is 5.59. The van der Waals surface area contributed by atoms with Crippen LogP contribution in [-0.2, 0) is 6.42 Å². The van der Waals surface area contributed by atoms with Crippen LogP contribution in [0.5, 0.6) is 11.5 Å². The van der Waals surface area contributed by atoms with E-state index in [1.807, 2.05) is 80.7 Å². The molecule has 3 aromatic carbocycles. The molecule has 1 aromatic heterocycles. The number of hydrogen-bond donors (Lipinski definition) is 1. The van der Waals surface area contributed by atoms with Crippen LogP contribution in [0.1, 0.15) is 17.0 Å². The van der Waals surface area contributed by atoms with Crippen LogP contribution in [0.15, 0.2) is 83.3 Å². The summed E-state index contributed by atoms with van der Waals surface area (Å²) < 4.78 is 11.7. The van der Waals surface area contributed by atoms with Crippen molar-refractivity contribution in [1.82, 2.24) is 4.98 Å². The van der Waals surface area contributed by atoms with E-state index >= 15 is 0 Å². The molecule has 0 aliphatic heterocycles. The smallest absolute Gasteiger partial charge is 0.226 e. The van der Waals surface area contributed by atoms with Gasteiger partial charge in [0.15, 0.2) is 0 Å². The van der Waals surface area contributed by atoms with E-state index in [1.165, 1.54) is 0 Å². The molecule has 0 unspecified atom stereocenters. The van der Waals surface area contributed by atoms with Gasteiger partial charge in [-0.2, -0.15) is 0 Å². The highest BCUT2D eigenvalue weighted by Gasteiger charge is 2.12.